The van der Waals surface area contributed by atoms with Gasteiger partial charge in [-0.25, -0.2) is 0 Å². The highest BCUT2D eigenvalue weighted by molar-refractivity contribution is 7.09. The van der Waals surface area contributed by atoms with Crippen LogP contribution in [0, 0.1) is 6.92 Å². The first-order valence-corrected chi connectivity index (χ1v) is 7.84. The number of benzene rings is 1. The number of aliphatic imine (C=N–C) groups is 1. The first-order chi connectivity index (χ1) is 10.1. The van der Waals surface area contributed by atoms with Crippen molar-refractivity contribution in [2.75, 3.05) is 13.1 Å². The number of aliphatic hydroxyl groups is 1. The Morgan fingerprint density at radius 3 is 2.76 bits per heavy atom. The Morgan fingerprint density at radius 1 is 1.33 bits per heavy atom. The van der Waals surface area contributed by atoms with Crippen molar-refractivity contribution >= 4 is 17.3 Å². The predicted molar refractivity (Wildman–Crippen MR) is 88.7 cm³/mol. The Morgan fingerprint density at radius 2 is 2.10 bits per heavy atom. The summed E-state index contributed by atoms with van der Waals surface area (Å²) in [4.78, 5) is 5.49. The van der Waals surface area contributed by atoms with E-state index in [1.807, 2.05) is 37.3 Å². The van der Waals surface area contributed by atoms with E-state index in [4.69, 9.17) is 5.73 Å². The van der Waals surface area contributed by atoms with Crippen molar-refractivity contribution in [3.8, 4) is 0 Å². The van der Waals surface area contributed by atoms with Gasteiger partial charge in [0.15, 0.2) is 5.96 Å². The molecule has 0 unspecified atom stereocenters. The molecule has 0 aliphatic carbocycles. The molecule has 2 rings (SSSR count). The van der Waals surface area contributed by atoms with Crippen molar-refractivity contribution in [3.63, 3.8) is 0 Å². The molecule has 0 aliphatic heterocycles. The Bertz CT molecular complexity index is 564. The topological polar surface area (TPSA) is 70.6 Å². The monoisotopic (exact) mass is 303 g/mol. The van der Waals surface area contributed by atoms with Crippen LogP contribution < -0.4 is 11.1 Å². The minimum atomic E-state index is -0.622. The maximum Gasteiger partial charge on any atom is 0.188 e. The van der Waals surface area contributed by atoms with Crippen LogP contribution in [0.15, 0.2) is 46.8 Å². The Balaban J connectivity index is 1.75. The van der Waals surface area contributed by atoms with Crippen LogP contribution in [0.25, 0.3) is 0 Å². The summed E-state index contributed by atoms with van der Waals surface area (Å²) < 4.78 is 0. The molecular weight excluding hydrogens is 282 g/mol. The highest BCUT2D eigenvalue weighted by Crippen LogP contribution is 2.13. The number of nitrogens with two attached hydrogens (primary N) is 1. The fourth-order valence-electron chi connectivity index (χ4n) is 1.90. The molecule has 0 amide bonds. The average molecular weight is 303 g/mol. The summed E-state index contributed by atoms with van der Waals surface area (Å²) in [6.45, 7) is 3.03. The quantitative estimate of drug-likeness (QED) is 0.566. The molecule has 5 heteroatoms. The van der Waals surface area contributed by atoms with Crippen molar-refractivity contribution in [3.05, 3.63) is 57.8 Å². The summed E-state index contributed by atoms with van der Waals surface area (Å²) in [6.07, 6.45) is 0.303. The lowest BCUT2D eigenvalue weighted by Crippen LogP contribution is -2.33. The summed E-state index contributed by atoms with van der Waals surface area (Å²) in [5, 5.41) is 15.2. The highest BCUT2D eigenvalue weighted by atomic mass is 32.1. The van der Waals surface area contributed by atoms with Gasteiger partial charge >= 0.3 is 0 Å². The van der Waals surface area contributed by atoms with Crippen molar-refractivity contribution < 1.29 is 5.11 Å². The SMILES string of the molecule is Cc1ccc([C@H](O)CN=C(N)NCCc2cccs2)cc1. The minimum absolute atomic E-state index is 0.265. The van der Waals surface area contributed by atoms with E-state index in [9.17, 15) is 5.11 Å². The van der Waals surface area contributed by atoms with Gasteiger partial charge in [-0.1, -0.05) is 35.9 Å². The summed E-state index contributed by atoms with van der Waals surface area (Å²) in [5.41, 5.74) is 7.82. The van der Waals surface area contributed by atoms with Gasteiger partial charge in [0.05, 0.1) is 12.6 Å². The van der Waals surface area contributed by atoms with E-state index in [2.05, 4.69) is 21.8 Å². The highest BCUT2D eigenvalue weighted by Gasteiger charge is 2.06. The van der Waals surface area contributed by atoms with Gasteiger partial charge in [-0.3, -0.25) is 4.99 Å². The number of guanidine groups is 1. The van der Waals surface area contributed by atoms with Crippen molar-refractivity contribution in [2.24, 2.45) is 10.7 Å². The number of aryl methyl sites for hydroxylation is 1. The summed E-state index contributed by atoms with van der Waals surface area (Å²) in [6, 6.07) is 11.9. The number of thiophene rings is 1. The van der Waals surface area contributed by atoms with Crippen molar-refractivity contribution in [2.45, 2.75) is 19.4 Å². The summed E-state index contributed by atoms with van der Waals surface area (Å²) >= 11 is 1.73. The Labute approximate surface area is 129 Å². The molecule has 2 aromatic rings. The van der Waals surface area contributed by atoms with Gasteiger partial charge in [0, 0.05) is 11.4 Å². The largest absolute Gasteiger partial charge is 0.386 e. The molecule has 0 saturated carbocycles. The molecule has 0 aliphatic rings. The van der Waals surface area contributed by atoms with E-state index in [-0.39, 0.29) is 6.54 Å². The second kappa shape index (κ2) is 7.81. The number of nitrogens with one attached hydrogen (secondary N) is 1. The molecule has 112 valence electrons. The molecule has 0 radical (unpaired) electrons. The fourth-order valence-corrected chi connectivity index (χ4v) is 2.61. The molecule has 0 spiro atoms. The molecule has 0 bridgehead atoms. The van der Waals surface area contributed by atoms with Gasteiger partial charge in [-0.2, -0.15) is 0 Å². The lowest BCUT2D eigenvalue weighted by molar-refractivity contribution is 0.187. The first kappa shape index (κ1) is 15.5. The van der Waals surface area contributed by atoms with Gasteiger partial charge in [0.25, 0.3) is 0 Å². The molecule has 1 atom stereocenters. The number of hydrogen-bond acceptors (Lipinski definition) is 3. The van der Waals surface area contributed by atoms with E-state index in [0.29, 0.717) is 5.96 Å². The number of hydrogen-bond donors (Lipinski definition) is 3. The molecule has 4 N–H and O–H groups in total. The van der Waals surface area contributed by atoms with Gasteiger partial charge in [0.1, 0.15) is 0 Å². The number of rotatable bonds is 6. The van der Waals surface area contributed by atoms with E-state index in [1.165, 1.54) is 10.4 Å². The van der Waals surface area contributed by atoms with E-state index < -0.39 is 6.10 Å². The lowest BCUT2D eigenvalue weighted by Gasteiger charge is -2.10. The second-order valence-electron chi connectivity index (χ2n) is 4.91. The Hall–Kier alpha value is -1.85. The van der Waals surface area contributed by atoms with Crippen LogP contribution in [0.1, 0.15) is 22.1 Å². The lowest BCUT2D eigenvalue weighted by atomic mass is 10.1. The molecule has 1 aromatic carbocycles. The van der Waals surface area contributed by atoms with Crippen LogP contribution in [0.4, 0.5) is 0 Å². The van der Waals surface area contributed by atoms with Gasteiger partial charge in [0.2, 0.25) is 0 Å². The third-order valence-electron chi connectivity index (χ3n) is 3.15. The van der Waals surface area contributed by atoms with Crippen LogP contribution >= 0.6 is 11.3 Å². The van der Waals surface area contributed by atoms with E-state index >= 15 is 0 Å². The van der Waals surface area contributed by atoms with Gasteiger partial charge in [-0.05, 0) is 30.4 Å². The van der Waals surface area contributed by atoms with Gasteiger partial charge < -0.3 is 16.2 Å². The van der Waals surface area contributed by atoms with Crippen LogP contribution in [0.5, 0.6) is 0 Å². The number of aliphatic hydroxyl groups excluding tert-OH is 1. The molecule has 0 fully saturated rings. The van der Waals surface area contributed by atoms with Crippen LogP contribution in [0.3, 0.4) is 0 Å². The fraction of sp³-hybridized carbons (Fsp3) is 0.312. The van der Waals surface area contributed by atoms with E-state index in [0.717, 1.165) is 18.5 Å². The first-order valence-electron chi connectivity index (χ1n) is 6.96. The molecular formula is C16H21N3OS. The smallest absolute Gasteiger partial charge is 0.188 e. The summed E-state index contributed by atoms with van der Waals surface area (Å²) in [7, 11) is 0. The second-order valence-corrected chi connectivity index (χ2v) is 5.94. The van der Waals surface area contributed by atoms with Crippen LogP contribution in [0.2, 0.25) is 0 Å². The van der Waals surface area contributed by atoms with Gasteiger partial charge in [-0.15, -0.1) is 11.3 Å². The predicted octanol–water partition coefficient (Wildman–Crippen LogP) is 2.24. The normalized spacial score (nSPS) is 13.1. The minimum Gasteiger partial charge on any atom is -0.386 e. The third kappa shape index (κ3) is 5.21. The van der Waals surface area contributed by atoms with Crippen molar-refractivity contribution in [1.29, 1.82) is 0 Å². The zero-order chi connectivity index (χ0) is 15.1. The maximum absolute atomic E-state index is 10.0. The maximum atomic E-state index is 10.0. The van der Waals surface area contributed by atoms with Crippen LogP contribution in [-0.2, 0) is 6.42 Å². The molecule has 1 heterocycles. The summed E-state index contributed by atoms with van der Waals surface area (Å²) in [5.74, 6) is 0.373. The third-order valence-corrected chi connectivity index (χ3v) is 4.09. The Kier molecular flexibility index (Phi) is 5.78. The molecule has 4 nitrogen and oxygen atoms in total. The zero-order valence-electron chi connectivity index (χ0n) is 12.1. The standard InChI is InChI=1S/C16H21N3OS/c1-12-4-6-13(7-5-12)15(20)11-19-16(17)18-9-8-14-3-2-10-21-14/h2-7,10,15,20H,8-9,11H2,1H3,(H3,17,18,19)/t15-/m1/s1. The van der Waals surface area contributed by atoms with Crippen LogP contribution in [-0.4, -0.2) is 24.2 Å². The average Bonchev–Trinajstić information content (AvgIpc) is 2.99. The zero-order valence-corrected chi connectivity index (χ0v) is 12.9. The molecule has 21 heavy (non-hydrogen) atoms. The van der Waals surface area contributed by atoms with E-state index in [1.54, 1.807) is 11.3 Å². The molecule has 1 aromatic heterocycles. The van der Waals surface area contributed by atoms with Crippen molar-refractivity contribution in [1.82, 2.24) is 5.32 Å². The molecule has 0 saturated heterocycles. The number of nitrogens with zero attached hydrogens (tertiary/aromatic N) is 1.